The predicted octanol–water partition coefficient (Wildman–Crippen LogP) is 4.38. The number of hydrogen-bond donors (Lipinski definition) is 3. The van der Waals surface area contributed by atoms with Crippen LogP contribution in [0.1, 0.15) is 189 Å². The minimum atomic E-state index is -1.47. The third-order valence-electron chi connectivity index (χ3n) is 21.2. The highest BCUT2D eigenvalue weighted by molar-refractivity contribution is 6.20. The molecule has 0 aromatic rings. The van der Waals surface area contributed by atoms with E-state index in [2.05, 4.69) is 16.0 Å². The Morgan fingerprint density at radius 1 is 0.559 bits per heavy atom. The van der Waals surface area contributed by atoms with Crippen LogP contribution in [0, 0.1) is 29.6 Å². The molecule has 25 heteroatoms. The Labute approximate surface area is 558 Å². The van der Waals surface area contributed by atoms with Crippen molar-refractivity contribution in [1.29, 1.82) is 0 Å². The lowest BCUT2D eigenvalue weighted by Gasteiger charge is -2.42. The van der Waals surface area contributed by atoms with E-state index in [9.17, 15) is 43.2 Å². The quantitative estimate of drug-likeness (QED) is 0.243. The van der Waals surface area contributed by atoms with E-state index in [1.807, 2.05) is 20.8 Å². The van der Waals surface area contributed by atoms with Gasteiger partial charge in [0.1, 0.15) is 47.8 Å². The summed E-state index contributed by atoms with van der Waals surface area (Å²) in [4.78, 5) is 189. The Morgan fingerprint density at radius 2 is 1.16 bits per heavy atom. The highest BCUT2D eigenvalue weighted by Gasteiger charge is 2.51. The van der Waals surface area contributed by atoms with Gasteiger partial charge < -0.3 is 60.0 Å². The van der Waals surface area contributed by atoms with Gasteiger partial charge in [-0.05, 0) is 126 Å². The average Bonchev–Trinajstić information content (AvgIpc) is 1.77. The van der Waals surface area contributed by atoms with Crippen LogP contribution in [0.2, 0.25) is 0 Å². The van der Waals surface area contributed by atoms with Crippen LogP contribution in [0.4, 0.5) is 0 Å². The first-order valence-corrected chi connectivity index (χ1v) is 35.3. The molecule has 3 saturated carbocycles. The van der Waals surface area contributed by atoms with Crippen LogP contribution in [-0.2, 0) is 57.5 Å². The van der Waals surface area contributed by atoms with Crippen molar-refractivity contribution in [3.05, 3.63) is 0 Å². The van der Waals surface area contributed by atoms with Crippen LogP contribution >= 0.6 is 11.6 Å². The fourth-order valence-corrected chi connectivity index (χ4v) is 15.2. The number of likely N-dealkylation sites (N-methyl/N-ethyl adjacent to an activating group) is 7. The van der Waals surface area contributed by atoms with Gasteiger partial charge in [0.05, 0.1) is 26.1 Å². The zero-order chi connectivity index (χ0) is 68.8. The first-order valence-electron chi connectivity index (χ1n) is 34.9. The van der Waals surface area contributed by atoms with Crippen molar-refractivity contribution in [3.63, 3.8) is 0 Å². The van der Waals surface area contributed by atoms with E-state index in [4.69, 9.17) is 11.6 Å². The summed E-state index contributed by atoms with van der Waals surface area (Å²) in [6.45, 7) is 10.6. The second-order valence-electron chi connectivity index (χ2n) is 29.0. The SMILES string of the molecule is CC[C@H](C)[C@@H]1NC(=O)[C@H](CC(C)C)N(C)C(=O)C[C@@H](C(=O)N2CCCCC2)N(C)C(=O)[C@H](C(C)C)N(C)C(=O)C2(CCCC2)NC(=O)[C@@H]2CCCN2C(=O)[C@H](CCC2CCC(Cl)CC2)NC(=O)CN(C)C(=O)[C@H](CC2CCCC2)N(C)C(=O)CN(C)C(=O)CN(C)C1=O. The van der Waals surface area contributed by atoms with Crippen LogP contribution in [0.15, 0.2) is 0 Å². The van der Waals surface area contributed by atoms with E-state index in [0.29, 0.717) is 51.6 Å². The third kappa shape index (κ3) is 19.6. The van der Waals surface area contributed by atoms with Crippen LogP contribution in [0.25, 0.3) is 0 Å². The summed E-state index contributed by atoms with van der Waals surface area (Å²) in [6.07, 6.45) is 12.9. The first kappa shape index (κ1) is 76.0. The standard InChI is InChI=1S/C68H113ClN12O12/c1-14-45(6)58-65(91)75(9)41-56(84)73(7)42-57(85)77(11)52(38-47-23-16-17-24-47)63(89)74(8)40-54(82)70-49(31-28-46-26-29-48(69)30-27-46)62(88)81-36-22-25-50(81)61(87)72-68(32-18-19-33-68)67(93)79(13)59(44(4)5)66(92)78(12)53(64(90)80-34-20-15-21-35-80)39-55(83)76(10)51(37-43(2)3)60(86)71-58/h43-53,58-59H,14-42H2,1-13H3,(H,70,82)(H,71,86)(H,72,87)/t45-,46?,48?,49-,50-,51-,52-,53-,58-,59-/m0/s1. The second-order valence-corrected chi connectivity index (χ2v) is 29.6. The zero-order valence-corrected chi connectivity index (χ0v) is 59.1. The molecule has 3 aliphatic carbocycles. The zero-order valence-electron chi connectivity index (χ0n) is 58.3. The number of nitrogens with one attached hydrogen (secondary N) is 3. The molecule has 3 heterocycles. The van der Waals surface area contributed by atoms with Crippen LogP contribution in [0.5, 0.6) is 0 Å². The Morgan fingerprint density at radius 3 is 1.76 bits per heavy atom. The van der Waals surface area contributed by atoms with Gasteiger partial charge in [-0.1, -0.05) is 86.5 Å². The third-order valence-corrected chi connectivity index (χ3v) is 21.7. The Balaban J connectivity index is 1.39. The van der Waals surface area contributed by atoms with Crippen LogP contribution in [0.3, 0.4) is 0 Å². The molecule has 6 aliphatic rings. The maximum Gasteiger partial charge on any atom is 0.248 e. The van der Waals surface area contributed by atoms with Gasteiger partial charge in [-0.15, -0.1) is 11.6 Å². The van der Waals surface area contributed by atoms with Gasteiger partial charge in [-0.2, -0.15) is 0 Å². The molecule has 3 N–H and O–H groups in total. The molecule has 0 unspecified atom stereocenters. The number of likely N-dealkylation sites (tertiary alicyclic amines) is 1. The highest BCUT2D eigenvalue weighted by atomic mass is 35.5. The fraction of sp³-hybridized carbons (Fsp3) is 0.824. The summed E-state index contributed by atoms with van der Waals surface area (Å²) in [5.74, 6) is -7.52. The van der Waals surface area contributed by atoms with E-state index in [1.54, 1.807) is 25.7 Å². The number of hydrogen-bond acceptors (Lipinski definition) is 12. The van der Waals surface area contributed by atoms with Crippen molar-refractivity contribution in [3.8, 4) is 0 Å². The van der Waals surface area contributed by atoms with Gasteiger partial charge in [-0.25, -0.2) is 0 Å². The highest BCUT2D eigenvalue weighted by Crippen LogP contribution is 2.36. The van der Waals surface area contributed by atoms with E-state index >= 15 is 14.4 Å². The molecular formula is C68H113ClN12O12. The number of fused-ring (bicyclic) bond motifs is 1. The van der Waals surface area contributed by atoms with E-state index < -0.39 is 157 Å². The lowest BCUT2D eigenvalue weighted by Crippen LogP contribution is -2.65. The van der Waals surface area contributed by atoms with E-state index in [1.165, 1.54) is 88.5 Å². The van der Waals surface area contributed by atoms with Crippen molar-refractivity contribution in [1.82, 2.24) is 60.0 Å². The molecule has 0 aromatic heterocycles. The van der Waals surface area contributed by atoms with Gasteiger partial charge in [0.25, 0.3) is 0 Å². The molecule has 8 atom stereocenters. The van der Waals surface area contributed by atoms with Crippen LogP contribution in [-0.4, -0.2) is 257 Å². The number of rotatable bonds is 11. The molecule has 0 radical (unpaired) electrons. The second kappa shape index (κ2) is 34.6. The average molecular weight is 1330 g/mol. The minimum Gasteiger partial charge on any atom is -0.343 e. The summed E-state index contributed by atoms with van der Waals surface area (Å²) in [5.41, 5.74) is -1.47. The topological polar surface area (TPSA) is 270 Å². The number of piperidine rings is 1. The smallest absolute Gasteiger partial charge is 0.248 e. The molecule has 12 amide bonds. The lowest BCUT2D eigenvalue weighted by atomic mass is 9.85. The Hall–Kier alpha value is -6.07. The number of amides is 12. The van der Waals surface area contributed by atoms with Crippen molar-refractivity contribution in [2.45, 2.75) is 242 Å². The maximum absolute atomic E-state index is 15.4. The van der Waals surface area contributed by atoms with Crippen molar-refractivity contribution in [2.24, 2.45) is 29.6 Å². The molecule has 1 spiro atoms. The van der Waals surface area contributed by atoms with Gasteiger partial charge >= 0.3 is 0 Å². The number of carbonyl (C=O) groups excluding carboxylic acids is 12. The summed E-state index contributed by atoms with van der Waals surface area (Å²) >= 11 is 6.50. The van der Waals surface area contributed by atoms with Gasteiger partial charge in [0.2, 0.25) is 70.9 Å². The lowest BCUT2D eigenvalue weighted by molar-refractivity contribution is -0.156. The molecule has 6 rings (SSSR count). The molecule has 93 heavy (non-hydrogen) atoms. The monoisotopic (exact) mass is 1320 g/mol. The molecule has 6 fully saturated rings. The summed E-state index contributed by atoms with van der Waals surface area (Å²) < 4.78 is 0. The number of carbonyl (C=O) groups is 12. The fourth-order valence-electron chi connectivity index (χ4n) is 15.0. The maximum atomic E-state index is 15.4. The molecule has 3 aliphatic heterocycles. The van der Waals surface area contributed by atoms with Crippen LogP contribution < -0.4 is 16.0 Å². The number of alkyl halides is 1. The minimum absolute atomic E-state index is 0.0606. The molecular weight excluding hydrogens is 1210 g/mol. The molecule has 524 valence electrons. The van der Waals surface area contributed by atoms with E-state index in [0.717, 1.165) is 70.6 Å². The van der Waals surface area contributed by atoms with Crippen molar-refractivity contribution in [2.75, 3.05) is 88.6 Å². The first-order chi connectivity index (χ1) is 43.9. The summed E-state index contributed by atoms with van der Waals surface area (Å²) in [6, 6.07) is -7.97. The predicted molar refractivity (Wildman–Crippen MR) is 353 cm³/mol. The Kier molecular flexibility index (Phi) is 28.2. The molecule has 3 saturated heterocycles. The summed E-state index contributed by atoms with van der Waals surface area (Å²) in [5, 5.41) is 9.06. The van der Waals surface area contributed by atoms with Gasteiger partial charge in [-0.3, -0.25) is 57.5 Å². The molecule has 0 aromatic carbocycles. The molecule has 0 bridgehead atoms. The number of nitrogens with zero attached hydrogens (tertiary/aromatic N) is 9. The summed E-state index contributed by atoms with van der Waals surface area (Å²) in [7, 11) is 10.2. The molecule has 24 nitrogen and oxygen atoms in total. The largest absolute Gasteiger partial charge is 0.343 e. The normalized spacial score (nSPS) is 29.2. The van der Waals surface area contributed by atoms with Gasteiger partial charge in [0, 0.05) is 74.3 Å². The van der Waals surface area contributed by atoms with Gasteiger partial charge in [0.15, 0.2) is 0 Å². The van der Waals surface area contributed by atoms with Crippen molar-refractivity contribution < 1.29 is 57.5 Å². The number of halogens is 1. The Bertz CT molecular complexity index is 2650. The van der Waals surface area contributed by atoms with Crippen molar-refractivity contribution >= 4 is 82.5 Å². The van der Waals surface area contributed by atoms with E-state index in [-0.39, 0.29) is 61.8 Å².